The molecule has 0 aliphatic carbocycles. The Balaban J connectivity index is 2.02. The first-order valence-electron chi connectivity index (χ1n) is 11.3. The molecule has 3 aromatic rings. The number of fused-ring (bicyclic) bond motifs is 1. The summed E-state index contributed by atoms with van der Waals surface area (Å²) in [6.45, 7) is 7.89. The van der Waals surface area contributed by atoms with Crippen LogP contribution in [0.15, 0.2) is 49.2 Å². The number of hydrogen-bond acceptors (Lipinski definition) is 7. The van der Waals surface area contributed by atoms with Crippen LogP contribution < -0.4 is 15.0 Å². The SMILES string of the molecule is CCCc1nc2ccc(Br)cc2c(=O)n1N=Cc1cc(OCC)c(O[C@@H](C)C(=O)OCC)cc1Br. The largest absolute Gasteiger partial charge is 0.490 e. The fraction of sp³-hybridized carbons (Fsp3) is 0.360. The van der Waals surface area contributed by atoms with Crippen LogP contribution in [-0.2, 0) is 16.0 Å². The third-order valence-electron chi connectivity index (χ3n) is 4.95. The number of nitrogens with zero attached hydrogens (tertiary/aromatic N) is 3. The summed E-state index contributed by atoms with van der Waals surface area (Å²) in [4.78, 5) is 29.9. The van der Waals surface area contributed by atoms with Crippen LogP contribution in [0.2, 0.25) is 0 Å². The van der Waals surface area contributed by atoms with Crippen molar-refractivity contribution in [1.29, 1.82) is 0 Å². The van der Waals surface area contributed by atoms with E-state index in [-0.39, 0.29) is 12.2 Å². The molecule has 3 rings (SSSR count). The Kier molecular flexibility index (Phi) is 9.45. The number of rotatable bonds is 10. The van der Waals surface area contributed by atoms with Crippen LogP contribution in [-0.4, -0.2) is 41.2 Å². The van der Waals surface area contributed by atoms with Gasteiger partial charge in [-0.2, -0.15) is 9.78 Å². The van der Waals surface area contributed by atoms with Crippen molar-refractivity contribution in [3.63, 3.8) is 0 Å². The Morgan fingerprint density at radius 1 is 1.14 bits per heavy atom. The molecule has 0 aliphatic heterocycles. The molecule has 1 heterocycles. The van der Waals surface area contributed by atoms with Crippen LogP contribution in [0.5, 0.6) is 11.5 Å². The van der Waals surface area contributed by atoms with E-state index in [1.807, 2.05) is 26.0 Å². The average molecular weight is 609 g/mol. The van der Waals surface area contributed by atoms with Gasteiger partial charge in [-0.3, -0.25) is 4.79 Å². The minimum absolute atomic E-state index is 0.250. The van der Waals surface area contributed by atoms with Gasteiger partial charge in [0.25, 0.3) is 5.56 Å². The summed E-state index contributed by atoms with van der Waals surface area (Å²) in [6, 6.07) is 8.85. The molecule has 10 heteroatoms. The summed E-state index contributed by atoms with van der Waals surface area (Å²) in [6.07, 6.45) is 2.17. The van der Waals surface area contributed by atoms with E-state index in [1.54, 1.807) is 38.3 Å². The molecule has 2 aromatic carbocycles. The lowest BCUT2D eigenvalue weighted by Gasteiger charge is -2.17. The zero-order valence-electron chi connectivity index (χ0n) is 20.0. The quantitative estimate of drug-likeness (QED) is 0.223. The van der Waals surface area contributed by atoms with Crippen molar-refractivity contribution in [3.8, 4) is 11.5 Å². The molecule has 0 spiro atoms. The molecule has 8 nitrogen and oxygen atoms in total. The molecule has 0 aliphatic rings. The van der Waals surface area contributed by atoms with E-state index in [2.05, 4.69) is 41.9 Å². The van der Waals surface area contributed by atoms with Crippen LogP contribution in [0.3, 0.4) is 0 Å². The van der Waals surface area contributed by atoms with E-state index in [9.17, 15) is 9.59 Å². The van der Waals surface area contributed by atoms with E-state index < -0.39 is 12.1 Å². The Labute approximate surface area is 220 Å². The standard InChI is InChI=1S/C25H27Br2N3O5/c1-5-8-23-29-20-10-9-17(26)12-18(20)24(31)30(23)28-14-16-11-21(33-6-2)22(13-19(16)27)35-15(4)25(32)34-7-3/h9-15H,5-8H2,1-4H3/t15-/m0/s1. The summed E-state index contributed by atoms with van der Waals surface area (Å²) in [7, 11) is 0. The fourth-order valence-electron chi connectivity index (χ4n) is 3.33. The predicted octanol–water partition coefficient (Wildman–Crippen LogP) is 5.49. The van der Waals surface area contributed by atoms with Gasteiger partial charge in [-0.1, -0.05) is 22.9 Å². The number of aryl methyl sites for hydroxylation is 1. The molecule has 35 heavy (non-hydrogen) atoms. The van der Waals surface area contributed by atoms with Gasteiger partial charge in [0.1, 0.15) is 5.82 Å². The van der Waals surface area contributed by atoms with Crippen molar-refractivity contribution in [2.75, 3.05) is 13.2 Å². The van der Waals surface area contributed by atoms with E-state index in [0.717, 1.165) is 10.9 Å². The predicted molar refractivity (Wildman–Crippen MR) is 143 cm³/mol. The zero-order valence-corrected chi connectivity index (χ0v) is 23.2. The first-order valence-corrected chi connectivity index (χ1v) is 12.9. The second-order valence-corrected chi connectivity index (χ2v) is 9.34. The maximum absolute atomic E-state index is 13.2. The lowest BCUT2D eigenvalue weighted by atomic mass is 10.2. The highest BCUT2D eigenvalue weighted by molar-refractivity contribution is 9.10. The Morgan fingerprint density at radius 3 is 2.60 bits per heavy atom. The zero-order chi connectivity index (χ0) is 25.5. The van der Waals surface area contributed by atoms with Gasteiger partial charge >= 0.3 is 5.97 Å². The van der Waals surface area contributed by atoms with Gasteiger partial charge in [0.05, 0.1) is 30.3 Å². The number of aromatic nitrogens is 2. The van der Waals surface area contributed by atoms with Gasteiger partial charge in [0, 0.05) is 20.9 Å². The molecule has 1 aromatic heterocycles. The highest BCUT2D eigenvalue weighted by atomic mass is 79.9. The van der Waals surface area contributed by atoms with Crippen molar-refractivity contribution < 1.29 is 19.0 Å². The molecule has 0 radical (unpaired) electrons. The van der Waals surface area contributed by atoms with E-state index in [0.29, 0.717) is 51.3 Å². The number of carbonyl (C=O) groups excluding carboxylic acids is 1. The van der Waals surface area contributed by atoms with Crippen molar-refractivity contribution in [1.82, 2.24) is 9.66 Å². The van der Waals surface area contributed by atoms with Gasteiger partial charge in [-0.15, -0.1) is 0 Å². The normalized spacial score (nSPS) is 12.2. The number of halogens is 2. The number of benzene rings is 2. The Hall–Kier alpha value is -2.72. The van der Waals surface area contributed by atoms with Gasteiger partial charge in [-0.05, 0) is 73.5 Å². The van der Waals surface area contributed by atoms with Crippen LogP contribution in [0.25, 0.3) is 10.9 Å². The molecule has 0 amide bonds. The number of esters is 1. The summed E-state index contributed by atoms with van der Waals surface area (Å²) in [5.41, 5.74) is 1.04. The smallest absolute Gasteiger partial charge is 0.347 e. The van der Waals surface area contributed by atoms with Crippen LogP contribution in [0.1, 0.15) is 45.5 Å². The molecular formula is C25H27Br2N3O5. The first kappa shape index (κ1) is 26.9. The number of carbonyl (C=O) groups is 1. The van der Waals surface area contributed by atoms with E-state index >= 15 is 0 Å². The van der Waals surface area contributed by atoms with E-state index in [1.165, 1.54) is 4.68 Å². The molecule has 186 valence electrons. The van der Waals surface area contributed by atoms with Crippen LogP contribution in [0.4, 0.5) is 0 Å². The van der Waals surface area contributed by atoms with Gasteiger partial charge in [0.2, 0.25) is 0 Å². The Bertz CT molecular complexity index is 1310. The third kappa shape index (κ3) is 6.49. The highest BCUT2D eigenvalue weighted by Gasteiger charge is 2.19. The topological polar surface area (TPSA) is 92.0 Å². The lowest BCUT2D eigenvalue weighted by Crippen LogP contribution is -2.26. The third-order valence-corrected chi connectivity index (χ3v) is 6.13. The number of ether oxygens (including phenoxy) is 3. The maximum atomic E-state index is 13.2. The maximum Gasteiger partial charge on any atom is 0.347 e. The van der Waals surface area contributed by atoms with Crippen LogP contribution in [0, 0.1) is 0 Å². The minimum Gasteiger partial charge on any atom is -0.490 e. The summed E-state index contributed by atoms with van der Waals surface area (Å²) in [5.74, 6) is 0.940. The van der Waals surface area contributed by atoms with Crippen molar-refractivity contribution in [2.24, 2.45) is 5.10 Å². The summed E-state index contributed by atoms with van der Waals surface area (Å²) >= 11 is 6.94. The molecular weight excluding hydrogens is 582 g/mol. The average Bonchev–Trinajstić information content (AvgIpc) is 2.82. The van der Waals surface area contributed by atoms with Crippen molar-refractivity contribution >= 4 is 54.9 Å². The number of hydrogen-bond donors (Lipinski definition) is 0. The summed E-state index contributed by atoms with van der Waals surface area (Å²) in [5, 5.41) is 4.95. The molecule has 0 bridgehead atoms. The minimum atomic E-state index is -0.807. The van der Waals surface area contributed by atoms with E-state index in [4.69, 9.17) is 14.2 Å². The molecule has 0 saturated carbocycles. The second kappa shape index (κ2) is 12.3. The highest BCUT2D eigenvalue weighted by Crippen LogP contribution is 2.34. The van der Waals surface area contributed by atoms with Gasteiger partial charge in [-0.25, -0.2) is 9.78 Å². The second-order valence-electron chi connectivity index (χ2n) is 7.57. The fourth-order valence-corrected chi connectivity index (χ4v) is 4.11. The Morgan fingerprint density at radius 2 is 1.91 bits per heavy atom. The van der Waals surface area contributed by atoms with Crippen LogP contribution >= 0.6 is 31.9 Å². The van der Waals surface area contributed by atoms with Gasteiger partial charge in [0.15, 0.2) is 17.6 Å². The molecule has 0 saturated heterocycles. The first-order chi connectivity index (χ1) is 16.8. The molecule has 1 atom stereocenters. The van der Waals surface area contributed by atoms with Gasteiger partial charge < -0.3 is 14.2 Å². The monoisotopic (exact) mass is 607 g/mol. The summed E-state index contributed by atoms with van der Waals surface area (Å²) < 4.78 is 19.3. The van der Waals surface area contributed by atoms with Crippen molar-refractivity contribution in [3.05, 3.63) is 61.0 Å². The lowest BCUT2D eigenvalue weighted by molar-refractivity contribution is -0.150. The molecule has 0 fully saturated rings. The molecule has 0 unspecified atom stereocenters. The molecule has 0 N–H and O–H groups in total. The van der Waals surface area contributed by atoms with Crippen molar-refractivity contribution in [2.45, 2.75) is 46.6 Å².